The van der Waals surface area contributed by atoms with Crippen molar-refractivity contribution >= 4 is 34.6 Å². The van der Waals surface area contributed by atoms with Crippen LogP contribution in [0.4, 0.5) is 0 Å². The monoisotopic (exact) mass is 566 g/mol. The highest BCUT2D eigenvalue weighted by Gasteiger charge is 2.58. The van der Waals surface area contributed by atoms with Crippen molar-refractivity contribution in [2.75, 3.05) is 6.61 Å². The van der Waals surface area contributed by atoms with E-state index in [4.69, 9.17) is 14.5 Å². The predicted molar refractivity (Wildman–Crippen MR) is 110 cm³/mol. The van der Waals surface area contributed by atoms with E-state index in [0.717, 1.165) is 10.9 Å². The van der Waals surface area contributed by atoms with Crippen molar-refractivity contribution in [3.63, 3.8) is 0 Å². The number of hydrogen-bond donors (Lipinski definition) is 8. The van der Waals surface area contributed by atoms with Gasteiger partial charge in [0.25, 0.3) is 5.56 Å². The number of ether oxygens (including phenoxy) is 1. The van der Waals surface area contributed by atoms with Crippen LogP contribution in [0.3, 0.4) is 0 Å². The molecule has 22 heteroatoms. The number of nitrogens with zero attached hydrogens (tertiary/aromatic N) is 2. The van der Waals surface area contributed by atoms with Crippen molar-refractivity contribution in [1.82, 2.24) is 19.5 Å². The molecule has 3 heterocycles. The molecule has 2 aromatic rings. The number of fused-ring (bicyclic) bond motifs is 1. The molecule has 0 aliphatic carbocycles. The fourth-order valence-electron chi connectivity index (χ4n) is 3.59. The third-order valence-corrected chi connectivity index (χ3v) is 8.73. The standard InChI is InChI=1S/C13H21N4O15P3/c1-5(2)13(17-4-14-7-10(17)15-12(21)16-11(7)20)9(19)8(18)6(30-13)3-29-34(25,26)32-35(27,28)31-33(22,23)24/h4-6,8-9,18-19H,3H2,1-2H3,(H,25,26)(H,27,28)(H2,22,23,24)(H2,15,16,20,21)/t6-,8-,9-,13-/m1/s1. The van der Waals surface area contributed by atoms with Gasteiger partial charge in [0.2, 0.25) is 0 Å². The first-order valence-corrected chi connectivity index (χ1v) is 13.9. The zero-order valence-corrected chi connectivity index (χ0v) is 20.4. The number of aromatic nitrogens is 4. The van der Waals surface area contributed by atoms with Gasteiger partial charge in [0.15, 0.2) is 11.2 Å². The number of aliphatic hydroxyl groups is 2. The van der Waals surface area contributed by atoms with Gasteiger partial charge in [-0.05, 0) is 0 Å². The van der Waals surface area contributed by atoms with E-state index in [1.54, 1.807) is 0 Å². The number of aromatic amines is 2. The van der Waals surface area contributed by atoms with Gasteiger partial charge in [-0.2, -0.15) is 8.62 Å². The molecule has 1 fully saturated rings. The van der Waals surface area contributed by atoms with Crippen LogP contribution < -0.4 is 11.2 Å². The van der Waals surface area contributed by atoms with Crippen LogP contribution in [0.2, 0.25) is 0 Å². The van der Waals surface area contributed by atoms with Crippen LogP contribution in [0, 0.1) is 5.92 Å². The van der Waals surface area contributed by atoms with Crippen molar-refractivity contribution in [1.29, 1.82) is 0 Å². The number of aliphatic hydroxyl groups excluding tert-OH is 2. The molecular formula is C13H21N4O15P3. The summed E-state index contributed by atoms with van der Waals surface area (Å²) in [5.41, 5.74) is -4.06. The topological polar surface area (TPSA) is 293 Å². The lowest BCUT2D eigenvalue weighted by Crippen LogP contribution is -2.49. The third-order valence-electron chi connectivity index (χ3n) is 4.93. The van der Waals surface area contributed by atoms with Gasteiger partial charge in [0.1, 0.15) is 24.0 Å². The summed E-state index contributed by atoms with van der Waals surface area (Å²) in [7, 11) is -16.9. The maximum Gasteiger partial charge on any atom is 0.490 e. The van der Waals surface area contributed by atoms with E-state index in [9.17, 15) is 43.3 Å². The Morgan fingerprint density at radius 1 is 1.11 bits per heavy atom. The van der Waals surface area contributed by atoms with Crippen LogP contribution in [0.15, 0.2) is 15.9 Å². The Kier molecular flexibility index (Phi) is 7.52. The number of rotatable bonds is 9. The second-order valence-electron chi connectivity index (χ2n) is 7.61. The van der Waals surface area contributed by atoms with Crippen LogP contribution in [0.25, 0.3) is 11.2 Å². The minimum atomic E-state index is -5.77. The molecule has 0 bridgehead atoms. The summed E-state index contributed by atoms with van der Waals surface area (Å²) in [5, 5.41) is 21.4. The molecule has 0 spiro atoms. The Bertz CT molecular complexity index is 1360. The average molecular weight is 566 g/mol. The van der Waals surface area contributed by atoms with Crippen LogP contribution in [0.1, 0.15) is 13.8 Å². The van der Waals surface area contributed by atoms with Crippen molar-refractivity contribution in [3.8, 4) is 0 Å². The number of nitrogens with one attached hydrogen (secondary N) is 2. The molecule has 3 rings (SSSR count). The third kappa shape index (κ3) is 5.73. The van der Waals surface area contributed by atoms with E-state index < -0.39 is 71.3 Å². The van der Waals surface area contributed by atoms with Crippen LogP contribution in [0.5, 0.6) is 0 Å². The van der Waals surface area contributed by atoms with Crippen molar-refractivity contribution in [2.45, 2.75) is 37.9 Å². The summed E-state index contributed by atoms with van der Waals surface area (Å²) in [6.07, 6.45) is -4.17. The molecule has 19 nitrogen and oxygen atoms in total. The zero-order valence-electron chi connectivity index (χ0n) is 17.7. The molecule has 35 heavy (non-hydrogen) atoms. The molecule has 1 aliphatic heterocycles. The largest absolute Gasteiger partial charge is 0.490 e. The minimum absolute atomic E-state index is 0.174. The lowest BCUT2D eigenvalue weighted by molar-refractivity contribution is -0.173. The number of hydrogen-bond acceptors (Lipinski definition) is 12. The highest BCUT2D eigenvalue weighted by atomic mass is 31.3. The molecule has 198 valence electrons. The van der Waals surface area contributed by atoms with Gasteiger partial charge < -0.3 is 34.5 Å². The van der Waals surface area contributed by atoms with Crippen LogP contribution in [-0.2, 0) is 37.3 Å². The fourth-order valence-corrected chi connectivity index (χ4v) is 6.62. The average Bonchev–Trinajstić information content (AvgIpc) is 3.18. The molecule has 0 aromatic carbocycles. The van der Waals surface area contributed by atoms with E-state index in [2.05, 4.69) is 23.1 Å². The molecule has 1 aliphatic rings. The summed E-state index contributed by atoms with van der Waals surface area (Å²) < 4.78 is 52.7. The molecule has 0 saturated carbocycles. The SMILES string of the molecule is CC(C)[C@@]1(n2cnc3c(=O)[nH]c(=O)[nH]c32)O[C@H](COP(=O)(O)OP(=O)(O)OP(=O)(O)O)[C@@H](O)[C@H]1O. The Labute approximate surface area is 193 Å². The van der Waals surface area contributed by atoms with Crippen molar-refractivity contribution < 1.29 is 61.4 Å². The second-order valence-corrected chi connectivity index (χ2v) is 12.0. The fraction of sp³-hybridized carbons (Fsp3) is 0.615. The lowest BCUT2D eigenvalue weighted by atomic mass is 9.91. The van der Waals surface area contributed by atoms with E-state index in [0.29, 0.717) is 0 Å². The Balaban J connectivity index is 1.88. The van der Waals surface area contributed by atoms with E-state index in [1.165, 1.54) is 13.8 Å². The quantitative estimate of drug-likeness (QED) is 0.155. The number of imidazole rings is 1. The Hall–Kier alpha value is -1.56. The first-order valence-electron chi connectivity index (χ1n) is 9.41. The summed E-state index contributed by atoms with van der Waals surface area (Å²) >= 11 is 0. The van der Waals surface area contributed by atoms with Gasteiger partial charge in [-0.3, -0.25) is 23.9 Å². The van der Waals surface area contributed by atoms with Gasteiger partial charge in [0, 0.05) is 5.92 Å². The molecular weight excluding hydrogens is 545 g/mol. The van der Waals surface area contributed by atoms with Crippen molar-refractivity contribution in [2.24, 2.45) is 5.92 Å². The first-order chi connectivity index (χ1) is 15.9. The predicted octanol–water partition coefficient (Wildman–Crippen LogP) is -1.81. The van der Waals surface area contributed by atoms with Gasteiger partial charge in [-0.25, -0.2) is 23.5 Å². The summed E-state index contributed by atoms with van der Waals surface area (Å²) in [6, 6.07) is 0. The van der Waals surface area contributed by atoms with E-state index >= 15 is 0 Å². The van der Waals surface area contributed by atoms with Crippen LogP contribution in [-0.4, -0.2) is 74.2 Å². The summed E-state index contributed by atoms with van der Waals surface area (Å²) in [5.74, 6) is -0.705. The molecule has 0 amide bonds. The van der Waals surface area contributed by atoms with Gasteiger partial charge in [-0.15, -0.1) is 0 Å². The molecule has 8 N–H and O–H groups in total. The lowest BCUT2D eigenvalue weighted by Gasteiger charge is -2.37. The van der Waals surface area contributed by atoms with Gasteiger partial charge >= 0.3 is 29.2 Å². The highest BCUT2D eigenvalue weighted by Crippen LogP contribution is 2.66. The summed E-state index contributed by atoms with van der Waals surface area (Å²) in [6.45, 7) is 2.02. The van der Waals surface area contributed by atoms with E-state index in [1.807, 2.05) is 4.98 Å². The smallest absolute Gasteiger partial charge is 0.387 e. The Morgan fingerprint density at radius 3 is 2.31 bits per heavy atom. The highest BCUT2D eigenvalue weighted by molar-refractivity contribution is 7.66. The molecule has 6 atom stereocenters. The first kappa shape index (κ1) is 28.0. The molecule has 0 radical (unpaired) electrons. The number of H-pyrrole nitrogens is 2. The second kappa shape index (κ2) is 9.39. The normalized spacial score (nSPS) is 28.9. The summed E-state index contributed by atoms with van der Waals surface area (Å²) in [4.78, 5) is 67.9. The molecule has 2 unspecified atom stereocenters. The van der Waals surface area contributed by atoms with E-state index in [-0.39, 0.29) is 11.2 Å². The van der Waals surface area contributed by atoms with Gasteiger partial charge in [0.05, 0.1) is 12.9 Å². The van der Waals surface area contributed by atoms with Gasteiger partial charge in [-0.1, -0.05) is 13.8 Å². The minimum Gasteiger partial charge on any atom is -0.387 e. The maximum absolute atomic E-state index is 12.0. The number of phosphoric ester groups is 1. The Morgan fingerprint density at radius 2 is 1.74 bits per heavy atom. The number of phosphoric acid groups is 3. The zero-order chi connectivity index (χ0) is 26.6. The van der Waals surface area contributed by atoms with Crippen molar-refractivity contribution in [3.05, 3.63) is 27.2 Å². The molecule has 2 aromatic heterocycles. The maximum atomic E-state index is 12.0. The van der Waals surface area contributed by atoms with Crippen LogP contribution >= 0.6 is 23.5 Å². The molecule has 1 saturated heterocycles.